The summed E-state index contributed by atoms with van der Waals surface area (Å²) in [6.45, 7) is 0.0695. The highest BCUT2D eigenvalue weighted by Crippen LogP contribution is 2.30. The van der Waals surface area contributed by atoms with Gasteiger partial charge in [-0.15, -0.1) is 0 Å². The Morgan fingerprint density at radius 1 is 1.30 bits per heavy atom. The number of benzene rings is 2. The monoisotopic (exact) mass is 359 g/mol. The predicted octanol–water partition coefficient (Wildman–Crippen LogP) is 4.73. The first-order valence-electron chi connectivity index (χ1n) is 5.48. The van der Waals surface area contributed by atoms with Gasteiger partial charge in [-0.05, 0) is 39.7 Å². The minimum absolute atomic E-state index is 0.0695. The second-order valence-electron chi connectivity index (χ2n) is 3.91. The third-order valence-electron chi connectivity index (χ3n) is 2.50. The van der Waals surface area contributed by atoms with E-state index in [9.17, 15) is 14.5 Å². The van der Waals surface area contributed by atoms with E-state index in [0.717, 1.165) is 0 Å². The Hall–Kier alpha value is -1.66. The summed E-state index contributed by atoms with van der Waals surface area (Å²) in [6.07, 6.45) is 0. The van der Waals surface area contributed by atoms with Gasteiger partial charge in [0.1, 0.15) is 12.4 Å². The minimum Gasteiger partial charge on any atom is -0.482 e. The van der Waals surface area contributed by atoms with Crippen LogP contribution in [0.3, 0.4) is 0 Å². The van der Waals surface area contributed by atoms with Gasteiger partial charge in [0.05, 0.1) is 9.40 Å². The van der Waals surface area contributed by atoms with E-state index in [1.807, 2.05) is 0 Å². The van der Waals surface area contributed by atoms with Crippen LogP contribution in [0.1, 0.15) is 5.56 Å². The van der Waals surface area contributed by atoms with Crippen molar-refractivity contribution in [3.05, 3.63) is 67.4 Å². The number of hydrogen-bond donors (Lipinski definition) is 0. The highest BCUT2D eigenvalue weighted by molar-refractivity contribution is 9.10. The molecule has 0 spiro atoms. The molecule has 20 heavy (non-hydrogen) atoms. The molecule has 0 saturated heterocycles. The molecule has 0 aliphatic carbocycles. The SMILES string of the molecule is O=[N+]([O-])c1ccc(Cl)cc1OCc1ccc(F)c(Br)c1. The molecule has 0 aliphatic rings. The van der Waals surface area contributed by atoms with Gasteiger partial charge in [0.15, 0.2) is 5.75 Å². The fraction of sp³-hybridized carbons (Fsp3) is 0.0769. The van der Waals surface area contributed by atoms with Gasteiger partial charge in [0.25, 0.3) is 0 Å². The van der Waals surface area contributed by atoms with Crippen LogP contribution in [0.5, 0.6) is 5.75 Å². The molecule has 0 fully saturated rings. The third kappa shape index (κ3) is 3.46. The van der Waals surface area contributed by atoms with Crippen LogP contribution >= 0.6 is 27.5 Å². The molecule has 0 saturated carbocycles. The van der Waals surface area contributed by atoms with Crippen molar-refractivity contribution in [1.29, 1.82) is 0 Å². The number of nitro benzene ring substituents is 1. The number of halogens is 3. The summed E-state index contributed by atoms with van der Waals surface area (Å²) >= 11 is 8.85. The van der Waals surface area contributed by atoms with Gasteiger partial charge >= 0.3 is 5.69 Å². The zero-order valence-corrected chi connectivity index (χ0v) is 12.3. The summed E-state index contributed by atoms with van der Waals surface area (Å²) < 4.78 is 18.8. The van der Waals surface area contributed by atoms with Crippen LogP contribution in [-0.2, 0) is 6.61 Å². The molecule has 0 heterocycles. The molecule has 104 valence electrons. The van der Waals surface area contributed by atoms with E-state index in [1.54, 1.807) is 6.07 Å². The first-order chi connectivity index (χ1) is 9.47. The van der Waals surface area contributed by atoms with Gasteiger partial charge in [-0.25, -0.2) is 4.39 Å². The molecule has 2 aromatic carbocycles. The van der Waals surface area contributed by atoms with Gasteiger partial charge in [-0.3, -0.25) is 10.1 Å². The van der Waals surface area contributed by atoms with Crippen LogP contribution < -0.4 is 4.74 Å². The highest BCUT2D eigenvalue weighted by Gasteiger charge is 2.15. The lowest BCUT2D eigenvalue weighted by Crippen LogP contribution is -1.99. The van der Waals surface area contributed by atoms with Gasteiger partial charge in [0, 0.05) is 17.2 Å². The summed E-state index contributed by atoms with van der Waals surface area (Å²) in [5, 5.41) is 11.2. The Morgan fingerprint density at radius 3 is 2.70 bits per heavy atom. The topological polar surface area (TPSA) is 52.4 Å². The predicted molar refractivity (Wildman–Crippen MR) is 76.5 cm³/mol. The molecular weight excluding hydrogens is 353 g/mol. The normalized spacial score (nSPS) is 10.3. The Balaban J connectivity index is 2.20. The van der Waals surface area contributed by atoms with Gasteiger partial charge in [-0.2, -0.15) is 0 Å². The molecular formula is C13H8BrClFNO3. The largest absolute Gasteiger partial charge is 0.482 e. The van der Waals surface area contributed by atoms with Crippen LogP contribution in [-0.4, -0.2) is 4.92 Å². The fourth-order valence-electron chi connectivity index (χ4n) is 1.54. The maximum absolute atomic E-state index is 13.1. The average molecular weight is 361 g/mol. The summed E-state index contributed by atoms with van der Waals surface area (Å²) in [4.78, 5) is 10.3. The Bertz CT molecular complexity index is 666. The van der Waals surface area contributed by atoms with Crippen molar-refractivity contribution >= 4 is 33.2 Å². The van der Waals surface area contributed by atoms with E-state index in [4.69, 9.17) is 16.3 Å². The van der Waals surface area contributed by atoms with Crippen molar-refractivity contribution in [3.8, 4) is 5.75 Å². The molecule has 7 heteroatoms. The standard InChI is InChI=1S/C13H8BrClFNO3/c14-10-5-8(1-3-11(10)16)7-20-13-6-9(15)2-4-12(13)17(18)19/h1-6H,7H2. The lowest BCUT2D eigenvalue weighted by atomic mass is 10.2. The quantitative estimate of drug-likeness (QED) is 0.585. The van der Waals surface area contributed by atoms with Crippen LogP contribution in [0.2, 0.25) is 5.02 Å². The van der Waals surface area contributed by atoms with E-state index in [-0.39, 0.29) is 23.9 Å². The zero-order chi connectivity index (χ0) is 14.7. The smallest absolute Gasteiger partial charge is 0.311 e. The fourth-order valence-corrected chi connectivity index (χ4v) is 2.13. The van der Waals surface area contributed by atoms with Gasteiger partial charge in [-0.1, -0.05) is 17.7 Å². The van der Waals surface area contributed by atoms with Gasteiger partial charge in [0.2, 0.25) is 0 Å². The molecule has 2 aromatic rings. The second-order valence-corrected chi connectivity index (χ2v) is 5.20. The van der Waals surface area contributed by atoms with E-state index < -0.39 is 4.92 Å². The summed E-state index contributed by atoms with van der Waals surface area (Å²) in [6, 6.07) is 8.44. The Morgan fingerprint density at radius 2 is 2.05 bits per heavy atom. The molecule has 4 nitrogen and oxygen atoms in total. The zero-order valence-electron chi connectivity index (χ0n) is 9.98. The Kier molecular flexibility index (Phi) is 4.57. The van der Waals surface area contributed by atoms with Crippen LogP contribution in [0.25, 0.3) is 0 Å². The molecule has 0 unspecified atom stereocenters. The number of rotatable bonds is 4. The van der Waals surface area contributed by atoms with E-state index in [2.05, 4.69) is 15.9 Å². The van der Waals surface area contributed by atoms with Crippen molar-refractivity contribution in [2.45, 2.75) is 6.61 Å². The Labute approximate surface area is 127 Å². The number of hydrogen-bond acceptors (Lipinski definition) is 3. The van der Waals surface area contributed by atoms with Crippen LogP contribution in [0, 0.1) is 15.9 Å². The average Bonchev–Trinajstić information content (AvgIpc) is 2.40. The van der Waals surface area contributed by atoms with Gasteiger partial charge < -0.3 is 4.74 Å². The highest BCUT2D eigenvalue weighted by atomic mass is 79.9. The summed E-state index contributed by atoms with van der Waals surface area (Å²) in [7, 11) is 0. The molecule has 0 amide bonds. The first kappa shape index (κ1) is 14.7. The molecule has 0 bridgehead atoms. The summed E-state index contributed by atoms with van der Waals surface area (Å²) in [5.41, 5.74) is 0.503. The number of nitrogens with zero attached hydrogens (tertiary/aromatic N) is 1. The maximum Gasteiger partial charge on any atom is 0.311 e. The van der Waals surface area contributed by atoms with Crippen molar-refractivity contribution in [1.82, 2.24) is 0 Å². The van der Waals surface area contributed by atoms with Crippen molar-refractivity contribution < 1.29 is 14.1 Å². The molecule has 0 atom stereocenters. The van der Waals surface area contributed by atoms with E-state index in [1.165, 1.54) is 30.3 Å². The first-order valence-corrected chi connectivity index (χ1v) is 6.65. The summed E-state index contributed by atoms with van der Waals surface area (Å²) in [5.74, 6) is -0.314. The van der Waals surface area contributed by atoms with Crippen molar-refractivity contribution in [2.75, 3.05) is 0 Å². The molecule has 0 aromatic heterocycles. The third-order valence-corrected chi connectivity index (χ3v) is 3.34. The lowest BCUT2D eigenvalue weighted by molar-refractivity contribution is -0.385. The van der Waals surface area contributed by atoms with Crippen molar-refractivity contribution in [2.24, 2.45) is 0 Å². The molecule has 2 rings (SSSR count). The van der Waals surface area contributed by atoms with E-state index in [0.29, 0.717) is 15.1 Å². The lowest BCUT2D eigenvalue weighted by Gasteiger charge is -2.08. The molecule has 0 radical (unpaired) electrons. The number of nitro groups is 1. The van der Waals surface area contributed by atoms with Crippen LogP contribution in [0.4, 0.5) is 10.1 Å². The van der Waals surface area contributed by atoms with E-state index >= 15 is 0 Å². The minimum atomic E-state index is -0.549. The molecule has 0 N–H and O–H groups in total. The van der Waals surface area contributed by atoms with Crippen molar-refractivity contribution in [3.63, 3.8) is 0 Å². The second kappa shape index (κ2) is 6.19. The molecule has 0 aliphatic heterocycles. The maximum atomic E-state index is 13.1. The van der Waals surface area contributed by atoms with Crippen LogP contribution in [0.15, 0.2) is 40.9 Å². The number of ether oxygens (including phenoxy) is 1.